The van der Waals surface area contributed by atoms with Crippen LogP contribution in [0.15, 0.2) is 29.4 Å². The summed E-state index contributed by atoms with van der Waals surface area (Å²) in [6.07, 6.45) is 8.99. The fraction of sp³-hybridized carbons (Fsp3) is 0.619. The molecule has 2 atom stereocenters. The number of amides is 1. The first-order valence-corrected chi connectivity index (χ1v) is 10.9. The van der Waals surface area contributed by atoms with Gasteiger partial charge in [0.2, 0.25) is 5.91 Å². The number of carbonyl (C=O) groups is 1. The van der Waals surface area contributed by atoms with Crippen molar-refractivity contribution < 1.29 is 4.79 Å². The van der Waals surface area contributed by atoms with Crippen molar-refractivity contribution in [2.75, 3.05) is 13.1 Å². The van der Waals surface area contributed by atoms with Crippen molar-refractivity contribution in [1.29, 1.82) is 0 Å². The Morgan fingerprint density at radius 1 is 1.17 bits per heavy atom. The molecule has 0 saturated heterocycles. The summed E-state index contributed by atoms with van der Waals surface area (Å²) < 4.78 is 2.00. The van der Waals surface area contributed by atoms with Crippen molar-refractivity contribution in [2.45, 2.75) is 64.0 Å². The van der Waals surface area contributed by atoms with Gasteiger partial charge >= 0.3 is 0 Å². The van der Waals surface area contributed by atoms with Gasteiger partial charge in [0, 0.05) is 43.7 Å². The molecule has 2 aliphatic carbocycles. The lowest BCUT2D eigenvalue weighted by Crippen LogP contribution is -2.47. The van der Waals surface area contributed by atoms with Crippen LogP contribution in [0.2, 0.25) is 0 Å². The lowest BCUT2D eigenvalue weighted by molar-refractivity contribution is -0.126. The van der Waals surface area contributed by atoms with Crippen LogP contribution in [0.5, 0.6) is 0 Å². The van der Waals surface area contributed by atoms with Crippen molar-refractivity contribution in [3.63, 3.8) is 0 Å². The predicted octanol–water partition coefficient (Wildman–Crippen LogP) is 1.66. The van der Waals surface area contributed by atoms with E-state index in [4.69, 9.17) is 4.99 Å². The second-order valence-electron chi connectivity index (χ2n) is 8.04. The minimum atomic E-state index is 0.118. The molecule has 156 valence electrons. The Hall–Kier alpha value is -2.64. The third-order valence-electron chi connectivity index (χ3n) is 5.64. The molecule has 8 heteroatoms. The van der Waals surface area contributed by atoms with Gasteiger partial charge in [-0.2, -0.15) is 0 Å². The number of nitrogens with one attached hydrogen (secondary N) is 3. The molecular formula is C21H31N7O. The summed E-state index contributed by atoms with van der Waals surface area (Å²) in [7, 11) is 0. The SMILES string of the molecule is CCNC(=NCCc1nnc2ccccn12)NC1CCCC(C(=O)NC2CC2)C1. The molecule has 3 N–H and O–H groups in total. The van der Waals surface area contributed by atoms with Gasteiger partial charge in [-0.1, -0.05) is 12.5 Å². The van der Waals surface area contributed by atoms with Crippen molar-refractivity contribution >= 4 is 17.5 Å². The highest BCUT2D eigenvalue weighted by Crippen LogP contribution is 2.26. The Morgan fingerprint density at radius 2 is 2.07 bits per heavy atom. The van der Waals surface area contributed by atoms with Crippen LogP contribution in [0.25, 0.3) is 5.65 Å². The van der Waals surface area contributed by atoms with Crippen LogP contribution in [0.1, 0.15) is 51.3 Å². The zero-order chi connectivity index (χ0) is 20.1. The highest BCUT2D eigenvalue weighted by atomic mass is 16.2. The number of carbonyl (C=O) groups excluding carboxylic acids is 1. The van der Waals surface area contributed by atoms with E-state index in [0.29, 0.717) is 12.6 Å². The fourth-order valence-corrected chi connectivity index (χ4v) is 3.95. The molecular weight excluding hydrogens is 366 g/mol. The van der Waals surface area contributed by atoms with Crippen LogP contribution in [0.4, 0.5) is 0 Å². The first-order chi connectivity index (χ1) is 14.2. The lowest BCUT2D eigenvalue weighted by atomic mass is 9.85. The molecule has 2 heterocycles. The molecule has 4 rings (SSSR count). The largest absolute Gasteiger partial charge is 0.357 e. The summed E-state index contributed by atoms with van der Waals surface area (Å²) in [6, 6.07) is 6.60. The Bertz CT molecular complexity index is 858. The maximum absolute atomic E-state index is 12.4. The van der Waals surface area contributed by atoms with Crippen molar-refractivity contribution in [3.05, 3.63) is 30.2 Å². The Kier molecular flexibility index (Phi) is 6.27. The van der Waals surface area contributed by atoms with E-state index in [2.05, 4.69) is 33.1 Å². The average Bonchev–Trinajstić information content (AvgIpc) is 3.46. The predicted molar refractivity (Wildman–Crippen MR) is 113 cm³/mol. The minimum absolute atomic E-state index is 0.118. The van der Waals surface area contributed by atoms with Gasteiger partial charge in [-0.3, -0.25) is 14.2 Å². The number of rotatable bonds is 7. The van der Waals surface area contributed by atoms with Crippen LogP contribution >= 0.6 is 0 Å². The maximum atomic E-state index is 12.4. The standard InChI is InChI=1S/C21H31N7O/c1-2-22-21(23-12-11-19-27-26-18-8-3-4-13-28(18)19)25-17-7-5-6-15(14-17)20(29)24-16-9-10-16/h3-4,8,13,15-17H,2,5-7,9-12,14H2,1H3,(H,24,29)(H2,22,23,25). The highest BCUT2D eigenvalue weighted by molar-refractivity contribution is 5.81. The van der Waals surface area contributed by atoms with Gasteiger partial charge in [-0.15, -0.1) is 10.2 Å². The topological polar surface area (TPSA) is 95.7 Å². The third kappa shape index (κ3) is 5.25. The van der Waals surface area contributed by atoms with Crippen LogP contribution in [-0.2, 0) is 11.2 Å². The van der Waals surface area contributed by atoms with Crippen LogP contribution in [0.3, 0.4) is 0 Å². The third-order valence-corrected chi connectivity index (χ3v) is 5.64. The van der Waals surface area contributed by atoms with Gasteiger partial charge in [-0.05, 0) is 51.2 Å². The van der Waals surface area contributed by atoms with Gasteiger partial charge in [0.05, 0.1) is 0 Å². The number of aromatic nitrogens is 3. The van der Waals surface area contributed by atoms with E-state index < -0.39 is 0 Å². The van der Waals surface area contributed by atoms with E-state index in [-0.39, 0.29) is 17.9 Å². The molecule has 0 aromatic carbocycles. The Balaban J connectivity index is 1.32. The van der Waals surface area contributed by atoms with Crippen LogP contribution in [0, 0.1) is 5.92 Å². The second-order valence-corrected chi connectivity index (χ2v) is 8.04. The first kappa shape index (κ1) is 19.7. The van der Waals surface area contributed by atoms with E-state index in [1.807, 2.05) is 28.8 Å². The number of hydrogen-bond acceptors (Lipinski definition) is 4. The number of pyridine rings is 1. The van der Waals surface area contributed by atoms with Gasteiger partial charge in [0.25, 0.3) is 0 Å². The monoisotopic (exact) mass is 397 g/mol. The molecule has 0 aliphatic heterocycles. The van der Waals surface area contributed by atoms with Crippen LogP contribution in [-0.4, -0.2) is 51.6 Å². The summed E-state index contributed by atoms with van der Waals surface area (Å²) in [6.45, 7) is 3.50. The molecule has 29 heavy (non-hydrogen) atoms. The Morgan fingerprint density at radius 3 is 2.90 bits per heavy atom. The quantitative estimate of drug-likeness (QED) is 0.488. The van der Waals surface area contributed by atoms with Crippen molar-refractivity contribution in [3.8, 4) is 0 Å². The number of guanidine groups is 1. The zero-order valence-electron chi connectivity index (χ0n) is 17.1. The van der Waals surface area contributed by atoms with E-state index in [1.54, 1.807) is 0 Å². The summed E-state index contributed by atoms with van der Waals surface area (Å²) in [5, 5.41) is 18.5. The number of nitrogens with zero attached hydrogens (tertiary/aromatic N) is 4. The molecule has 2 aliphatic rings. The van der Waals surface area contributed by atoms with E-state index in [1.165, 1.54) is 0 Å². The van der Waals surface area contributed by atoms with Gasteiger partial charge in [-0.25, -0.2) is 0 Å². The number of aliphatic imine (C=N–C) groups is 1. The molecule has 2 unspecified atom stereocenters. The van der Waals surface area contributed by atoms with Gasteiger partial charge < -0.3 is 16.0 Å². The minimum Gasteiger partial charge on any atom is -0.357 e. The number of hydrogen-bond donors (Lipinski definition) is 3. The molecule has 8 nitrogen and oxygen atoms in total. The summed E-state index contributed by atoms with van der Waals surface area (Å²) >= 11 is 0. The zero-order valence-corrected chi connectivity index (χ0v) is 17.1. The summed E-state index contributed by atoms with van der Waals surface area (Å²) in [5.41, 5.74) is 0.856. The number of fused-ring (bicyclic) bond motifs is 1. The average molecular weight is 398 g/mol. The molecule has 0 spiro atoms. The molecule has 0 radical (unpaired) electrons. The molecule has 2 fully saturated rings. The molecule has 1 amide bonds. The van der Waals surface area contributed by atoms with Gasteiger partial charge in [0.1, 0.15) is 5.82 Å². The second kappa shape index (κ2) is 9.24. The van der Waals surface area contributed by atoms with E-state index >= 15 is 0 Å². The van der Waals surface area contributed by atoms with Crippen molar-refractivity contribution in [1.82, 2.24) is 30.5 Å². The highest BCUT2D eigenvalue weighted by Gasteiger charge is 2.31. The first-order valence-electron chi connectivity index (χ1n) is 10.9. The molecule has 0 bridgehead atoms. The molecule has 2 aromatic heterocycles. The van der Waals surface area contributed by atoms with E-state index in [9.17, 15) is 4.79 Å². The Labute approximate surface area is 171 Å². The smallest absolute Gasteiger partial charge is 0.223 e. The lowest BCUT2D eigenvalue weighted by Gasteiger charge is -2.30. The molecule has 2 aromatic rings. The van der Waals surface area contributed by atoms with Gasteiger partial charge in [0.15, 0.2) is 11.6 Å². The maximum Gasteiger partial charge on any atom is 0.223 e. The molecule has 2 saturated carbocycles. The van der Waals surface area contributed by atoms with Crippen LogP contribution < -0.4 is 16.0 Å². The normalized spacial score (nSPS) is 22.4. The summed E-state index contributed by atoms with van der Waals surface area (Å²) in [4.78, 5) is 17.1. The summed E-state index contributed by atoms with van der Waals surface area (Å²) in [5.74, 6) is 2.08. The van der Waals surface area contributed by atoms with E-state index in [0.717, 1.165) is 68.9 Å². The fourth-order valence-electron chi connectivity index (χ4n) is 3.95. The van der Waals surface area contributed by atoms with Crippen molar-refractivity contribution in [2.24, 2.45) is 10.9 Å².